The van der Waals surface area contributed by atoms with Crippen LogP contribution >= 0.6 is 22.9 Å². The number of amides is 1. The van der Waals surface area contributed by atoms with Crippen LogP contribution < -0.4 is 10.2 Å². The Bertz CT molecular complexity index is 600. The standard InChI is InChI=1S/C15H16ClFN2OS/c1-19(9-13-6-7-14(16)21-13)10-15(20)18-8-11-2-4-12(17)5-3-11/h2-7H,8-10H2,1H3,(H,18,20)/p+1. The van der Waals surface area contributed by atoms with E-state index in [0.29, 0.717) is 13.1 Å². The maximum absolute atomic E-state index is 12.8. The van der Waals surface area contributed by atoms with Crippen LogP contribution in [0.2, 0.25) is 4.34 Å². The second kappa shape index (κ2) is 7.54. The Labute approximate surface area is 132 Å². The lowest BCUT2D eigenvalue weighted by atomic mass is 10.2. The summed E-state index contributed by atoms with van der Waals surface area (Å²) in [5, 5.41) is 2.84. The lowest BCUT2D eigenvalue weighted by Crippen LogP contribution is -3.08. The minimum absolute atomic E-state index is 0.0283. The topological polar surface area (TPSA) is 33.5 Å². The molecule has 0 spiro atoms. The first kappa shape index (κ1) is 15.9. The number of carbonyl (C=O) groups is 1. The van der Waals surface area contributed by atoms with Gasteiger partial charge in [-0.05, 0) is 29.8 Å². The molecule has 1 atom stereocenters. The molecule has 0 bridgehead atoms. The van der Waals surface area contributed by atoms with Crippen LogP contribution in [0.4, 0.5) is 4.39 Å². The Morgan fingerprint density at radius 2 is 2.00 bits per heavy atom. The van der Waals surface area contributed by atoms with Crippen LogP contribution in [0, 0.1) is 5.82 Å². The van der Waals surface area contributed by atoms with Crippen LogP contribution in [-0.4, -0.2) is 19.5 Å². The number of hydrogen-bond acceptors (Lipinski definition) is 2. The van der Waals surface area contributed by atoms with E-state index >= 15 is 0 Å². The van der Waals surface area contributed by atoms with E-state index in [0.717, 1.165) is 26.2 Å². The van der Waals surface area contributed by atoms with Crippen molar-refractivity contribution in [2.45, 2.75) is 13.1 Å². The zero-order chi connectivity index (χ0) is 15.2. The molecule has 2 rings (SSSR count). The molecule has 3 nitrogen and oxygen atoms in total. The van der Waals surface area contributed by atoms with E-state index < -0.39 is 0 Å². The number of carbonyl (C=O) groups excluding carboxylic acids is 1. The van der Waals surface area contributed by atoms with Gasteiger partial charge in [-0.2, -0.15) is 0 Å². The smallest absolute Gasteiger partial charge is 0.275 e. The maximum atomic E-state index is 12.8. The van der Waals surface area contributed by atoms with Crippen LogP contribution in [0.1, 0.15) is 10.4 Å². The van der Waals surface area contributed by atoms with Crippen LogP contribution in [0.3, 0.4) is 0 Å². The van der Waals surface area contributed by atoms with Crippen LogP contribution in [0.25, 0.3) is 0 Å². The monoisotopic (exact) mass is 327 g/mol. The van der Waals surface area contributed by atoms with Crippen LogP contribution in [0.5, 0.6) is 0 Å². The second-order valence-electron chi connectivity index (χ2n) is 4.92. The summed E-state index contributed by atoms with van der Waals surface area (Å²) in [7, 11) is 1.96. The lowest BCUT2D eigenvalue weighted by molar-refractivity contribution is -0.885. The molecular weight excluding hydrogens is 311 g/mol. The van der Waals surface area contributed by atoms with E-state index in [2.05, 4.69) is 5.32 Å². The lowest BCUT2D eigenvalue weighted by Gasteiger charge is -2.12. The summed E-state index contributed by atoms with van der Waals surface area (Å²) in [6.45, 7) is 1.56. The number of quaternary nitrogens is 1. The van der Waals surface area contributed by atoms with Gasteiger partial charge in [0.2, 0.25) is 0 Å². The molecule has 0 aliphatic rings. The number of halogens is 2. The Morgan fingerprint density at radius 1 is 1.29 bits per heavy atom. The first-order valence-electron chi connectivity index (χ1n) is 6.59. The van der Waals surface area contributed by atoms with Crippen molar-refractivity contribution in [1.29, 1.82) is 0 Å². The minimum atomic E-state index is -0.274. The third-order valence-electron chi connectivity index (χ3n) is 2.97. The highest BCUT2D eigenvalue weighted by molar-refractivity contribution is 7.16. The zero-order valence-corrected chi connectivity index (χ0v) is 13.2. The highest BCUT2D eigenvalue weighted by Crippen LogP contribution is 2.20. The summed E-state index contributed by atoms with van der Waals surface area (Å²) in [5.74, 6) is -0.302. The van der Waals surface area contributed by atoms with Gasteiger partial charge >= 0.3 is 0 Å². The van der Waals surface area contributed by atoms with Crippen molar-refractivity contribution in [3.63, 3.8) is 0 Å². The van der Waals surface area contributed by atoms with Gasteiger partial charge in [-0.1, -0.05) is 23.7 Å². The fourth-order valence-electron chi connectivity index (χ4n) is 1.95. The summed E-state index contributed by atoms with van der Waals surface area (Å²) in [4.78, 5) is 14.1. The number of likely N-dealkylation sites (N-methyl/N-ethyl adjacent to an activating group) is 1. The molecule has 1 aromatic carbocycles. The van der Waals surface area contributed by atoms with Gasteiger partial charge in [0.05, 0.1) is 16.3 Å². The maximum Gasteiger partial charge on any atom is 0.275 e. The molecule has 0 radical (unpaired) electrons. The van der Waals surface area contributed by atoms with Crippen molar-refractivity contribution in [1.82, 2.24) is 5.32 Å². The predicted molar refractivity (Wildman–Crippen MR) is 83.0 cm³/mol. The third kappa shape index (κ3) is 5.46. The summed E-state index contributed by atoms with van der Waals surface area (Å²) < 4.78 is 13.5. The molecule has 0 aliphatic heterocycles. The molecular formula is C15H17ClFN2OS+. The molecule has 112 valence electrons. The van der Waals surface area contributed by atoms with Crippen LogP contribution in [-0.2, 0) is 17.9 Å². The van der Waals surface area contributed by atoms with Gasteiger partial charge in [0.15, 0.2) is 6.54 Å². The fraction of sp³-hybridized carbons (Fsp3) is 0.267. The van der Waals surface area contributed by atoms with Crippen molar-refractivity contribution in [2.24, 2.45) is 0 Å². The molecule has 1 amide bonds. The van der Waals surface area contributed by atoms with E-state index in [1.807, 2.05) is 19.2 Å². The summed E-state index contributed by atoms with van der Waals surface area (Å²) in [6, 6.07) is 9.95. The zero-order valence-electron chi connectivity index (χ0n) is 11.7. The Balaban J connectivity index is 1.74. The van der Waals surface area contributed by atoms with Gasteiger partial charge in [-0.15, -0.1) is 11.3 Å². The number of rotatable bonds is 6. The SMILES string of the molecule is C[NH+](CC(=O)NCc1ccc(F)cc1)Cc1ccc(Cl)s1. The Kier molecular flexibility index (Phi) is 5.73. The number of thiophene rings is 1. The van der Waals surface area contributed by atoms with Gasteiger partial charge in [0.1, 0.15) is 12.4 Å². The quantitative estimate of drug-likeness (QED) is 0.834. The summed E-state index contributed by atoms with van der Waals surface area (Å²) >= 11 is 7.41. The molecule has 1 heterocycles. The molecule has 0 saturated carbocycles. The van der Waals surface area contributed by atoms with Crippen molar-refractivity contribution in [2.75, 3.05) is 13.6 Å². The van der Waals surface area contributed by atoms with Gasteiger partial charge in [-0.3, -0.25) is 4.79 Å². The van der Waals surface area contributed by atoms with Gasteiger partial charge in [-0.25, -0.2) is 4.39 Å². The van der Waals surface area contributed by atoms with Crippen LogP contribution in [0.15, 0.2) is 36.4 Å². The Morgan fingerprint density at radius 3 is 2.62 bits per heavy atom. The predicted octanol–water partition coefficient (Wildman–Crippen LogP) is 1.87. The molecule has 2 aromatic rings. The van der Waals surface area contributed by atoms with E-state index in [-0.39, 0.29) is 11.7 Å². The minimum Gasteiger partial charge on any atom is -0.347 e. The first-order valence-corrected chi connectivity index (χ1v) is 7.79. The van der Waals surface area contributed by atoms with Gasteiger partial charge < -0.3 is 10.2 Å². The fourth-order valence-corrected chi connectivity index (χ4v) is 3.15. The van der Waals surface area contributed by atoms with E-state index in [1.165, 1.54) is 23.5 Å². The van der Waals surface area contributed by atoms with Crippen molar-refractivity contribution < 1.29 is 14.1 Å². The number of benzene rings is 1. The molecule has 2 N–H and O–H groups in total. The van der Waals surface area contributed by atoms with Gasteiger partial charge in [0, 0.05) is 6.54 Å². The molecule has 6 heteroatoms. The second-order valence-corrected chi connectivity index (χ2v) is 6.72. The highest BCUT2D eigenvalue weighted by Gasteiger charge is 2.11. The first-order chi connectivity index (χ1) is 10.0. The number of nitrogens with one attached hydrogen (secondary N) is 2. The molecule has 0 aliphatic carbocycles. The molecule has 0 fully saturated rings. The van der Waals surface area contributed by atoms with E-state index in [1.54, 1.807) is 12.1 Å². The number of hydrogen-bond donors (Lipinski definition) is 2. The highest BCUT2D eigenvalue weighted by atomic mass is 35.5. The van der Waals surface area contributed by atoms with Gasteiger partial charge in [0.25, 0.3) is 5.91 Å². The molecule has 1 aromatic heterocycles. The van der Waals surface area contributed by atoms with E-state index in [9.17, 15) is 9.18 Å². The Hall–Kier alpha value is -1.43. The average molecular weight is 328 g/mol. The third-order valence-corrected chi connectivity index (χ3v) is 4.20. The summed E-state index contributed by atoms with van der Waals surface area (Å²) in [5.41, 5.74) is 0.882. The normalized spacial score (nSPS) is 12.1. The van der Waals surface area contributed by atoms with E-state index in [4.69, 9.17) is 11.6 Å². The average Bonchev–Trinajstić information content (AvgIpc) is 2.83. The molecule has 21 heavy (non-hydrogen) atoms. The van der Waals surface area contributed by atoms with Crippen molar-refractivity contribution in [3.8, 4) is 0 Å². The van der Waals surface area contributed by atoms with Crippen molar-refractivity contribution in [3.05, 3.63) is 57.0 Å². The largest absolute Gasteiger partial charge is 0.347 e. The summed E-state index contributed by atoms with van der Waals surface area (Å²) in [6.07, 6.45) is 0. The molecule has 0 saturated heterocycles. The molecule has 1 unspecified atom stereocenters. The van der Waals surface area contributed by atoms with Crippen molar-refractivity contribution >= 4 is 28.8 Å².